The van der Waals surface area contributed by atoms with Crippen LogP contribution in [0.15, 0.2) is 73.7 Å². The lowest BCUT2D eigenvalue weighted by Gasteiger charge is -2.09. The lowest BCUT2D eigenvalue weighted by atomic mass is 10.0. The van der Waals surface area contributed by atoms with Gasteiger partial charge in [-0.05, 0) is 41.5 Å². The van der Waals surface area contributed by atoms with Gasteiger partial charge in [-0.15, -0.1) is 0 Å². The van der Waals surface area contributed by atoms with Crippen LogP contribution in [0.25, 0.3) is 11.1 Å². The van der Waals surface area contributed by atoms with Crippen molar-refractivity contribution in [3.05, 3.63) is 84.9 Å². The van der Waals surface area contributed by atoms with Crippen LogP contribution in [0.2, 0.25) is 0 Å². The van der Waals surface area contributed by atoms with E-state index in [-0.39, 0.29) is 0 Å². The van der Waals surface area contributed by atoms with Gasteiger partial charge in [-0.1, -0.05) is 25.3 Å². The van der Waals surface area contributed by atoms with Gasteiger partial charge in [0.05, 0.1) is 0 Å². The average Bonchev–Trinajstić information content (AvgIpc) is 2.59. The van der Waals surface area contributed by atoms with Crippen molar-refractivity contribution in [1.29, 1.82) is 5.41 Å². The molecule has 0 saturated heterocycles. The van der Waals surface area contributed by atoms with Gasteiger partial charge in [0, 0.05) is 47.7 Å². The summed E-state index contributed by atoms with van der Waals surface area (Å²) in [5.74, 6) is 0. The molecule has 1 aromatic carbocycles. The molecule has 23 heavy (non-hydrogen) atoms. The molecule has 0 fully saturated rings. The summed E-state index contributed by atoms with van der Waals surface area (Å²) >= 11 is 0. The summed E-state index contributed by atoms with van der Waals surface area (Å²) in [6.45, 7) is 8.07. The number of rotatable bonds is 7. The quantitative estimate of drug-likeness (QED) is 0.415. The molecule has 0 atom stereocenters. The fourth-order valence-corrected chi connectivity index (χ4v) is 2.15. The summed E-state index contributed by atoms with van der Waals surface area (Å²) in [6.07, 6.45) is 10.2. The highest BCUT2D eigenvalue weighted by Crippen LogP contribution is 2.23. The lowest BCUT2D eigenvalue weighted by Crippen LogP contribution is -2.11. The van der Waals surface area contributed by atoms with Crippen molar-refractivity contribution in [2.24, 2.45) is 0 Å². The number of nitrogens with zero attached hydrogens (tertiary/aromatic N) is 1. The molecule has 0 amide bonds. The van der Waals surface area contributed by atoms with E-state index in [1.165, 1.54) is 6.21 Å². The molecule has 116 valence electrons. The van der Waals surface area contributed by atoms with E-state index in [1.54, 1.807) is 18.3 Å². The Bertz CT molecular complexity index is 760. The number of allylic oxidation sites excluding steroid dienone is 3. The SMILES string of the molecule is C=C/C=C(\C=C)NCc1cncc(-c2ccc(N)c(C=N)c2)c1. The summed E-state index contributed by atoms with van der Waals surface area (Å²) in [4.78, 5) is 4.29. The zero-order valence-corrected chi connectivity index (χ0v) is 12.9. The highest BCUT2D eigenvalue weighted by atomic mass is 14.9. The van der Waals surface area contributed by atoms with Crippen molar-refractivity contribution in [2.45, 2.75) is 6.54 Å². The predicted octanol–water partition coefficient (Wildman–Crippen LogP) is 3.67. The highest BCUT2D eigenvalue weighted by Gasteiger charge is 2.04. The monoisotopic (exact) mass is 304 g/mol. The predicted molar refractivity (Wildman–Crippen MR) is 97.3 cm³/mol. The normalized spacial score (nSPS) is 10.9. The molecule has 1 aromatic heterocycles. The van der Waals surface area contributed by atoms with Crippen molar-refractivity contribution in [3.63, 3.8) is 0 Å². The van der Waals surface area contributed by atoms with Crippen molar-refractivity contribution in [2.75, 3.05) is 5.73 Å². The third kappa shape index (κ3) is 4.17. The Kier molecular flexibility index (Phi) is 5.47. The Morgan fingerprint density at radius 2 is 2.04 bits per heavy atom. The van der Waals surface area contributed by atoms with Crippen LogP contribution in [0.3, 0.4) is 0 Å². The molecule has 2 rings (SSSR count). The fraction of sp³-hybridized carbons (Fsp3) is 0.0526. The average molecular weight is 304 g/mol. The van der Waals surface area contributed by atoms with Gasteiger partial charge in [0.15, 0.2) is 0 Å². The standard InChI is InChI=1S/C19H20N4/c1-3-5-18(4-2)23-12-14-8-17(13-22-11-14)15-6-7-19(21)16(9-15)10-20/h3-11,13,20,23H,1-2,12,21H2/b18-5+,20-10?. The smallest absolute Gasteiger partial charge is 0.0416 e. The summed E-state index contributed by atoms with van der Waals surface area (Å²) < 4.78 is 0. The van der Waals surface area contributed by atoms with Crippen molar-refractivity contribution < 1.29 is 0 Å². The molecular weight excluding hydrogens is 284 g/mol. The zero-order chi connectivity index (χ0) is 16.7. The second kappa shape index (κ2) is 7.75. The van der Waals surface area contributed by atoms with E-state index >= 15 is 0 Å². The number of anilines is 1. The molecule has 0 unspecified atom stereocenters. The number of nitrogens with two attached hydrogens (primary N) is 1. The minimum Gasteiger partial charge on any atom is -0.398 e. The first-order valence-corrected chi connectivity index (χ1v) is 7.21. The van der Waals surface area contributed by atoms with Crippen LogP contribution >= 0.6 is 0 Å². The van der Waals surface area contributed by atoms with E-state index in [1.807, 2.05) is 30.5 Å². The number of benzene rings is 1. The van der Waals surface area contributed by atoms with E-state index < -0.39 is 0 Å². The van der Waals surface area contributed by atoms with Crippen LogP contribution in [0.4, 0.5) is 5.69 Å². The van der Waals surface area contributed by atoms with Gasteiger partial charge in [0.25, 0.3) is 0 Å². The second-order valence-corrected chi connectivity index (χ2v) is 4.99. The van der Waals surface area contributed by atoms with Gasteiger partial charge in [-0.2, -0.15) is 0 Å². The molecule has 0 radical (unpaired) electrons. The summed E-state index contributed by atoms with van der Waals surface area (Å²) in [5.41, 5.74) is 11.1. The molecular formula is C19H20N4. The first-order valence-electron chi connectivity index (χ1n) is 7.21. The minimum atomic E-state index is 0.597. The zero-order valence-electron chi connectivity index (χ0n) is 12.9. The number of pyridine rings is 1. The summed E-state index contributed by atoms with van der Waals surface area (Å²) in [7, 11) is 0. The van der Waals surface area contributed by atoms with Gasteiger partial charge in [0.2, 0.25) is 0 Å². The van der Waals surface area contributed by atoms with E-state index in [0.717, 1.165) is 22.4 Å². The minimum absolute atomic E-state index is 0.597. The second-order valence-electron chi connectivity index (χ2n) is 4.99. The summed E-state index contributed by atoms with van der Waals surface area (Å²) in [5, 5.41) is 10.7. The third-order valence-electron chi connectivity index (χ3n) is 3.38. The number of nitrogens with one attached hydrogen (secondary N) is 2. The Hall–Kier alpha value is -3.14. The molecule has 0 spiro atoms. The van der Waals surface area contributed by atoms with Crippen molar-refractivity contribution in [1.82, 2.24) is 10.3 Å². The number of hydrogen-bond acceptors (Lipinski definition) is 4. The van der Waals surface area contributed by atoms with Crippen molar-refractivity contribution in [3.8, 4) is 11.1 Å². The van der Waals surface area contributed by atoms with Gasteiger partial charge < -0.3 is 16.5 Å². The van der Waals surface area contributed by atoms with Crippen LogP contribution < -0.4 is 11.1 Å². The molecule has 4 nitrogen and oxygen atoms in total. The van der Waals surface area contributed by atoms with Crippen LogP contribution in [0, 0.1) is 5.41 Å². The number of nitrogen functional groups attached to an aromatic ring is 1. The maximum absolute atomic E-state index is 7.41. The molecule has 0 bridgehead atoms. The van der Waals surface area contributed by atoms with Crippen LogP contribution in [0.5, 0.6) is 0 Å². The van der Waals surface area contributed by atoms with E-state index in [9.17, 15) is 0 Å². The van der Waals surface area contributed by atoms with Crippen LogP contribution in [-0.4, -0.2) is 11.2 Å². The van der Waals surface area contributed by atoms with Crippen molar-refractivity contribution >= 4 is 11.9 Å². The van der Waals surface area contributed by atoms with Gasteiger partial charge in [0.1, 0.15) is 0 Å². The molecule has 0 aliphatic rings. The Balaban J connectivity index is 2.23. The van der Waals surface area contributed by atoms with Crippen LogP contribution in [-0.2, 0) is 6.54 Å². The molecule has 0 saturated carbocycles. The maximum atomic E-state index is 7.41. The lowest BCUT2D eigenvalue weighted by molar-refractivity contribution is 0.829. The fourth-order valence-electron chi connectivity index (χ4n) is 2.15. The molecule has 4 N–H and O–H groups in total. The van der Waals surface area contributed by atoms with E-state index in [2.05, 4.69) is 29.5 Å². The van der Waals surface area contributed by atoms with Gasteiger partial charge >= 0.3 is 0 Å². The van der Waals surface area contributed by atoms with Crippen LogP contribution in [0.1, 0.15) is 11.1 Å². The van der Waals surface area contributed by atoms with Gasteiger partial charge in [-0.3, -0.25) is 4.98 Å². The first kappa shape index (κ1) is 16.2. The molecule has 0 aliphatic carbocycles. The van der Waals surface area contributed by atoms with E-state index in [4.69, 9.17) is 11.1 Å². The third-order valence-corrected chi connectivity index (χ3v) is 3.38. The van der Waals surface area contributed by atoms with Gasteiger partial charge in [-0.25, -0.2) is 0 Å². The summed E-state index contributed by atoms with van der Waals surface area (Å²) in [6, 6.07) is 7.70. The number of aromatic nitrogens is 1. The molecule has 0 aliphatic heterocycles. The van der Waals surface area contributed by atoms with E-state index in [0.29, 0.717) is 17.8 Å². The first-order chi connectivity index (χ1) is 11.2. The Morgan fingerprint density at radius 3 is 2.74 bits per heavy atom. The molecule has 4 heteroatoms. The largest absolute Gasteiger partial charge is 0.398 e. The highest BCUT2D eigenvalue weighted by molar-refractivity contribution is 5.87. The Labute approximate surface area is 136 Å². The maximum Gasteiger partial charge on any atom is 0.0416 e. The topological polar surface area (TPSA) is 74.8 Å². The number of hydrogen-bond donors (Lipinski definition) is 3. The Morgan fingerprint density at radius 1 is 1.22 bits per heavy atom. The molecule has 1 heterocycles. The molecule has 2 aromatic rings.